The Morgan fingerprint density at radius 2 is 1.72 bits per heavy atom. The van der Waals surface area contributed by atoms with Gasteiger partial charge >= 0.3 is 6.18 Å². The molecular formula is C36H38F3N7O. The fraction of sp³-hybridized carbons (Fsp3) is 0.389. The Morgan fingerprint density at radius 1 is 0.957 bits per heavy atom. The fourth-order valence-corrected chi connectivity index (χ4v) is 7.29. The lowest BCUT2D eigenvalue weighted by Gasteiger charge is -2.33. The largest absolute Gasteiger partial charge is 0.435 e. The van der Waals surface area contributed by atoms with Gasteiger partial charge in [0.25, 0.3) is 5.91 Å². The molecule has 0 bridgehead atoms. The van der Waals surface area contributed by atoms with Crippen LogP contribution in [-0.2, 0) is 32.6 Å². The molecule has 2 aliphatic rings. The lowest BCUT2D eigenvalue weighted by atomic mass is 9.85. The Labute approximate surface area is 271 Å². The SMILES string of the molecule is CCc1cc(C2CCN(C)CC2)c2nc(C)cc(N3CCc4c(cc(Cn5ccnc5)cc4-c4cn(C)nc4C(F)(F)F)C3=O)c2c1. The topological polar surface area (TPSA) is 72.1 Å². The lowest BCUT2D eigenvalue weighted by molar-refractivity contribution is -0.140. The predicted octanol–water partition coefficient (Wildman–Crippen LogP) is 6.78. The molecule has 2 aliphatic heterocycles. The molecule has 0 atom stereocenters. The van der Waals surface area contributed by atoms with Crippen LogP contribution in [0.3, 0.4) is 0 Å². The number of fused-ring (bicyclic) bond motifs is 2. The van der Waals surface area contributed by atoms with Crippen molar-refractivity contribution < 1.29 is 18.0 Å². The zero-order valence-electron chi connectivity index (χ0n) is 27.1. The Hall–Kier alpha value is -4.51. The third kappa shape index (κ3) is 5.81. The van der Waals surface area contributed by atoms with E-state index in [0.717, 1.165) is 54.6 Å². The minimum atomic E-state index is -4.65. The van der Waals surface area contributed by atoms with E-state index in [-0.39, 0.29) is 11.5 Å². The number of pyridine rings is 1. The number of carbonyl (C=O) groups excluding carboxylic acids is 1. The number of rotatable bonds is 6. The number of imidazole rings is 1. The van der Waals surface area contributed by atoms with E-state index in [1.54, 1.807) is 29.7 Å². The number of hydrogen-bond acceptors (Lipinski definition) is 5. The molecule has 0 saturated carbocycles. The van der Waals surface area contributed by atoms with Gasteiger partial charge in [-0.15, -0.1) is 0 Å². The number of alkyl halides is 3. The van der Waals surface area contributed by atoms with Crippen LogP contribution >= 0.6 is 0 Å². The summed E-state index contributed by atoms with van der Waals surface area (Å²) in [6.45, 7) is 6.84. The number of halogens is 3. The van der Waals surface area contributed by atoms with Crippen LogP contribution in [-0.4, -0.2) is 61.8 Å². The Bertz CT molecular complexity index is 1970. The third-order valence-corrected chi connectivity index (χ3v) is 9.65. The maximum Gasteiger partial charge on any atom is 0.435 e. The van der Waals surface area contributed by atoms with E-state index < -0.39 is 11.9 Å². The molecule has 1 amide bonds. The van der Waals surface area contributed by atoms with Crippen molar-refractivity contribution in [1.82, 2.24) is 29.2 Å². The molecule has 0 radical (unpaired) electrons. The van der Waals surface area contributed by atoms with Crippen LogP contribution in [0.15, 0.2) is 55.2 Å². The Balaban J connectivity index is 1.38. The number of carbonyl (C=O) groups is 1. The summed E-state index contributed by atoms with van der Waals surface area (Å²) >= 11 is 0. The van der Waals surface area contributed by atoms with Gasteiger partial charge in [0.2, 0.25) is 0 Å². The number of benzene rings is 2. The molecule has 47 heavy (non-hydrogen) atoms. The zero-order chi connectivity index (χ0) is 33.0. The minimum absolute atomic E-state index is 0.0226. The number of aromatic nitrogens is 5. The van der Waals surface area contributed by atoms with Crippen molar-refractivity contribution in [3.05, 3.63) is 94.5 Å². The number of hydrogen-bond donors (Lipinski definition) is 0. The first-order valence-corrected chi connectivity index (χ1v) is 16.2. The first kappa shape index (κ1) is 31.1. The number of piperidine rings is 1. The van der Waals surface area contributed by atoms with Crippen molar-refractivity contribution in [2.75, 3.05) is 31.6 Å². The number of likely N-dealkylation sites (tertiary alicyclic amines) is 1. The molecule has 5 aromatic rings. The summed E-state index contributed by atoms with van der Waals surface area (Å²) in [5, 5.41) is 4.72. The van der Waals surface area contributed by atoms with Crippen molar-refractivity contribution in [2.45, 2.75) is 58.2 Å². The van der Waals surface area contributed by atoms with Crippen molar-refractivity contribution in [3.8, 4) is 11.1 Å². The quantitative estimate of drug-likeness (QED) is 0.204. The van der Waals surface area contributed by atoms with Gasteiger partial charge in [0.1, 0.15) is 0 Å². The second-order valence-corrected chi connectivity index (χ2v) is 13.0. The molecular weight excluding hydrogens is 603 g/mol. The van der Waals surface area contributed by atoms with E-state index >= 15 is 0 Å². The Kier molecular flexibility index (Phi) is 7.90. The molecule has 1 saturated heterocycles. The van der Waals surface area contributed by atoms with Crippen molar-refractivity contribution in [3.63, 3.8) is 0 Å². The van der Waals surface area contributed by atoms with E-state index in [9.17, 15) is 18.0 Å². The minimum Gasteiger partial charge on any atom is -0.333 e. The average molecular weight is 642 g/mol. The van der Waals surface area contributed by atoms with Crippen LogP contribution < -0.4 is 4.90 Å². The maximum atomic E-state index is 14.6. The molecule has 1 fully saturated rings. The third-order valence-electron chi connectivity index (χ3n) is 9.65. The first-order valence-electron chi connectivity index (χ1n) is 16.2. The van der Waals surface area contributed by atoms with Crippen LogP contribution in [0, 0.1) is 6.92 Å². The van der Waals surface area contributed by atoms with Gasteiger partial charge in [-0.1, -0.05) is 13.0 Å². The van der Waals surface area contributed by atoms with Crippen LogP contribution in [0.2, 0.25) is 0 Å². The zero-order valence-corrected chi connectivity index (χ0v) is 27.1. The fourth-order valence-electron chi connectivity index (χ4n) is 7.29. The second kappa shape index (κ2) is 11.9. The van der Waals surface area contributed by atoms with Gasteiger partial charge in [-0.2, -0.15) is 18.3 Å². The highest BCUT2D eigenvalue weighted by Crippen LogP contribution is 2.42. The van der Waals surface area contributed by atoms with Gasteiger partial charge in [0.05, 0.1) is 17.5 Å². The molecule has 244 valence electrons. The van der Waals surface area contributed by atoms with Gasteiger partial charge in [0, 0.05) is 60.9 Å². The number of aryl methyl sites for hydroxylation is 3. The van der Waals surface area contributed by atoms with Crippen molar-refractivity contribution >= 4 is 22.5 Å². The van der Waals surface area contributed by atoms with Crippen LogP contribution in [0.4, 0.5) is 18.9 Å². The standard InChI is InChI=1S/C36H38F3N7O/c1-5-23-15-27(25-6-10-43(3)11-7-25)33-30(16-23)32(14-22(2)41-33)46-12-8-26-28(31-20-44(4)42-34(31)36(37,38)39)17-24(18-29(26)35(46)47)19-45-13-9-40-21-45/h9,13-18,20-21,25H,5-8,10-12,19H2,1-4H3. The van der Waals surface area contributed by atoms with Gasteiger partial charge < -0.3 is 14.4 Å². The predicted molar refractivity (Wildman–Crippen MR) is 176 cm³/mol. The summed E-state index contributed by atoms with van der Waals surface area (Å²) in [4.78, 5) is 27.9. The molecule has 8 nitrogen and oxygen atoms in total. The molecule has 0 unspecified atom stereocenters. The molecule has 3 aromatic heterocycles. The maximum absolute atomic E-state index is 14.6. The second-order valence-electron chi connectivity index (χ2n) is 13.0. The molecule has 11 heteroatoms. The smallest absolute Gasteiger partial charge is 0.333 e. The van der Waals surface area contributed by atoms with E-state index in [2.05, 4.69) is 41.1 Å². The monoisotopic (exact) mass is 641 g/mol. The number of anilines is 1. The molecule has 0 aliphatic carbocycles. The highest BCUT2D eigenvalue weighted by Gasteiger charge is 2.39. The van der Waals surface area contributed by atoms with Crippen LogP contribution in [0.5, 0.6) is 0 Å². The summed E-state index contributed by atoms with van der Waals surface area (Å²) in [6, 6.07) is 10.0. The lowest BCUT2D eigenvalue weighted by Crippen LogP contribution is -2.38. The van der Waals surface area contributed by atoms with E-state index in [0.29, 0.717) is 47.7 Å². The van der Waals surface area contributed by atoms with E-state index in [1.165, 1.54) is 29.1 Å². The molecule has 0 N–H and O–H groups in total. The molecule has 0 spiro atoms. The van der Waals surface area contributed by atoms with Crippen molar-refractivity contribution in [1.29, 1.82) is 0 Å². The summed E-state index contributed by atoms with van der Waals surface area (Å²) in [7, 11) is 3.64. The molecule has 2 aromatic carbocycles. The van der Waals surface area contributed by atoms with Gasteiger partial charge in [-0.25, -0.2) is 4.98 Å². The van der Waals surface area contributed by atoms with E-state index in [1.807, 2.05) is 23.6 Å². The number of nitrogens with zero attached hydrogens (tertiary/aromatic N) is 7. The highest BCUT2D eigenvalue weighted by molar-refractivity contribution is 6.13. The van der Waals surface area contributed by atoms with Gasteiger partial charge in [-0.3, -0.25) is 14.5 Å². The number of amides is 1. The average Bonchev–Trinajstić information content (AvgIpc) is 3.70. The van der Waals surface area contributed by atoms with Gasteiger partial charge in [-0.05, 0) is 111 Å². The normalized spacial score (nSPS) is 16.3. The van der Waals surface area contributed by atoms with Crippen molar-refractivity contribution in [2.24, 2.45) is 7.05 Å². The summed E-state index contributed by atoms with van der Waals surface area (Å²) in [5.41, 5.74) is 6.12. The highest BCUT2D eigenvalue weighted by atomic mass is 19.4. The molecule has 7 rings (SSSR count). The molecule has 5 heterocycles. The summed E-state index contributed by atoms with van der Waals surface area (Å²) in [5.74, 6) is 0.155. The first-order chi connectivity index (χ1) is 22.5. The van der Waals surface area contributed by atoms with Gasteiger partial charge in [0.15, 0.2) is 5.69 Å². The Morgan fingerprint density at radius 3 is 2.43 bits per heavy atom. The van der Waals surface area contributed by atoms with E-state index in [4.69, 9.17) is 4.98 Å². The van der Waals surface area contributed by atoms with Crippen LogP contribution in [0.1, 0.15) is 69.7 Å². The summed E-state index contributed by atoms with van der Waals surface area (Å²) < 4.78 is 45.6. The summed E-state index contributed by atoms with van der Waals surface area (Å²) in [6.07, 6.45) is 5.19. The van der Waals surface area contributed by atoms with Crippen LogP contribution in [0.25, 0.3) is 22.0 Å².